The van der Waals surface area contributed by atoms with Gasteiger partial charge in [0.25, 0.3) is 0 Å². The summed E-state index contributed by atoms with van der Waals surface area (Å²) in [6.07, 6.45) is 4.66. The van der Waals surface area contributed by atoms with E-state index in [0.29, 0.717) is 6.54 Å². The van der Waals surface area contributed by atoms with Gasteiger partial charge in [-0.2, -0.15) is 0 Å². The van der Waals surface area contributed by atoms with Crippen molar-refractivity contribution < 1.29 is 5.11 Å². The lowest BCUT2D eigenvalue weighted by Gasteiger charge is -2.01. The van der Waals surface area contributed by atoms with Gasteiger partial charge in [-0.05, 0) is 19.5 Å². The highest BCUT2D eigenvalue weighted by molar-refractivity contribution is 4.77. The second-order valence-electron chi connectivity index (χ2n) is 2.07. The van der Waals surface area contributed by atoms with Crippen molar-refractivity contribution in [1.82, 2.24) is 5.32 Å². The topological polar surface area (TPSA) is 32.3 Å². The van der Waals surface area contributed by atoms with E-state index in [2.05, 4.69) is 12.2 Å². The normalized spacial score (nSPS) is 14.1. The van der Waals surface area contributed by atoms with Gasteiger partial charge in [0, 0.05) is 6.54 Å². The lowest BCUT2D eigenvalue weighted by atomic mass is 10.4. The molecule has 0 aliphatic heterocycles. The number of hydrogen-bond acceptors (Lipinski definition) is 2. The average Bonchev–Trinajstić information content (AvgIpc) is 1.80. The summed E-state index contributed by atoms with van der Waals surface area (Å²) < 4.78 is 0. The van der Waals surface area contributed by atoms with Gasteiger partial charge in [-0.3, -0.25) is 0 Å². The zero-order valence-electron chi connectivity index (χ0n) is 6.09. The van der Waals surface area contributed by atoms with Gasteiger partial charge in [-0.15, -0.1) is 0 Å². The molecule has 9 heavy (non-hydrogen) atoms. The molecule has 0 aromatic carbocycles. The first kappa shape index (κ1) is 8.50. The number of aliphatic hydroxyl groups is 1. The molecule has 0 radical (unpaired) electrons. The Morgan fingerprint density at radius 2 is 2.33 bits per heavy atom. The van der Waals surface area contributed by atoms with Crippen LogP contribution < -0.4 is 5.32 Å². The maximum Gasteiger partial charge on any atom is 0.0684 e. The maximum atomic E-state index is 8.76. The monoisotopic (exact) mass is 129 g/mol. The van der Waals surface area contributed by atoms with E-state index in [-0.39, 0.29) is 6.10 Å². The van der Waals surface area contributed by atoms with Crippen molar-refractivity contribution in [3.05, 3.63) is 12.3 Å². The summed E-state index contributed by atoms with van der Waals surface area (Å²) in [7, 11) is 0. The predicted molar refractivity (Wildman–Crippen MR) is 39.1 cm³/mol. The average molecular weight is 129 g/mol. The Labute approximate surface area is 56.6 Å². The fraction of sp³-hybridized carbons (Fsp3) is 0.714. The number of rotatable bonds is 4. The van der Waals surface area contributed by atoms with Crippen LogP contribution in [0.4, 0.5) is 0 Å². The maximum absolute atomic E-state index is 8.76. The van der Waals surface area contributed by atoms with Crippen molar-refractivity contribution in [3.8, 4) is 0 Å². The molecule has 0 aromatic rings. The quantitative estimate of drug-likeness (QED) is 0.590. The van der Waals surface area contributed by atoms with Crippen LogP contribution in [0.25, 0.3) is 0 Å². The standard InChI is InChI=1S/C7H15NO/c1-3-4-5-8-6-7(2)9/h4-5,7-9H,3,6H2,1-2H3. The van der Waals surface area contributed by atoms with E-state index in [0.717, 1.165) is 6.42 Å². The Balaban J connectivity index is 2.99. The Bertz CT molecular complexity index is 79.0. The zero-order chi connectivity index (χ0) is 7.11. The van der Waals surface area contributed by atoms with Gasteiger partial charge in [-0.1, -0.05) is 13.0 Å². The van der Waals surface area contributed by atoms with Crippen LogP contribution in [-0.2, 0) is 0 Å². The number of hydrogen-bond donors (Lipinski definition) is 2. The fourth-order valence-corrected chi connectivity index (χ4v) is 0.440. The molecule has 1 atom stereocenters. The lowest BCUT2D eigenvalue weighted by Crippen LogP contribution is -2.19. The molecular formula is C7H15NO. The van der Waals surface area contributed by atoms with Gasteiger partial charge >= 0.3 is 0 Å². The molecule has 54 valence electrons. The van der Waals surface area contributed by atoms with Crippen molar-refractivity contribution in [2.75, 3.05) is 6.54 Å². The first-order valence-corrected chi connectivity index (χ1v) is 3.33. The Kier molecular flexibility index (Phi) is 5.32. The smallest absolute Gasteiger partial charge is 0.0684 e. The molecule has 0 saturated carbocycles. The molecule has 0 heterocycles. The van der Waals surface area contributed by atoms with Gasteiger partial charge in [0.2, 0.25) is 0 Å². The lowest BCUT2D eigenvalue weighted by molar-refractivity contribution is 0.196. The van der Waals surface area contributed by atoms with Crippen molar-refractivity contribution in [2.24, 2.45) is 0 Å². The second kappa shape index (κ2) is 5.63. The first-order valence-electron chi connectivity index (χ1n) is 3.33. The molecule has 0 saturated heterocycles. The molecule has 0 aliphatic carbocycles. The van der Waals surface area contributed by atoms with Crippen LogP contribution in [0.3, 0.4) is 0 Å². The van der Waals surface area contributed by atoms with Crippen molar-refractivity contribution in [1.29, 1.82) is 0 Å². The predicted octanol–water partition coefficient (Wildman–Crippen LogP) is 0.880. The summed E-state index contributed by atoms with van der Waals surface area (Å²) in [4.78, 5) is 0. The van der Waals surface area contributed by atoms with Crippen LogP contribution in [0.5, 0.6) is 0 Å². The molecule has 0 amide bonds. The molecule has 2 heteroatoms. The van der Waals surface area contributed by atoms with Crippen LogP contribution in [0, 0.1) is 0 Å². The van der Waals surface area contributed by atoms with Gasteiger partial charge in [0.1, 0.15) is 0 Å². The minimum Gasteiger partial charge on any atom is -0.392 e. The molecule has 1 unspecified atom stereocenters. The summed E-state index contributed by atoms with van der Waals surface area (Å²) in [5.41, 5.74) is 0. The van der Waals surface area contributed by atoms with E-state index in [1.165, 1.54) is 0 Å². The van der Waals surface area contributed by atoms with E-state index in [9.17, 15) is 0 Å². The minimum absolute atomic E-state index is 0.258. The molecule has 0 spiro atoms. The fourth-order valence-electron chi connectivity index (χ4n) is 0.440. The van der Waals surface area contributed by atoms with Crippen LogP contribution in [0.1, 0.15) is 20.3 Å². The van der Waals surface area contributed by atoms with Crippen LogP contribution >= 0.6 is 0 Å². The first-order chi connectivity index (χ1) is 4.27. The van der Waals surface area contributed by atoms with E-state index in [4.69, 9.17) is 5.11 Å². The largest absolute Gasteiger partial charge is 0.392 e. The van der Waals surface area contributed by atoms with Crippen LogP contribution in [-0.4, -0.2) is 17.8 Å². The molecular weight excluding hydrogens is 114 g/mol. The molecule has 0 fully saturated rings. The Morgan fingerprint density at radius 1 is 1.67 bits per heavy atom. The van der Waals surface area contributed by atoms with Gasteiger partial charge in [0.15, 0.2) is 0 Å². The summed E-state index contributed by atoms with van der Waals surface area (Å²) in [6.45, 7) is 4.46. The molecule has 0 rings (SSSR count). The van der Waals surface area contributed by atoms with Crippen molar-refractivity contribution in [2.45, 2.75) is 26.4 Å². The summed E-state index contributed by atoms with van der Waals surface area (Å²) in [5.74, 6) is 0. The summed E-state index contributed by atoms with van der Waals surface area (Å²) >= 11 is 0. The highest BCUT2D eigenvalue weighted by atomic mass is 16.3. The Hall–Kier alpha value is -0.500. The third-order valence-electron chi connectivity index (χ3n) is 0.885. The summed E-state index contributed by atoms with van der Waals surface area (Å²) in [6, 6.07) is 0. The SMILES string of the molecule is CCC=CNCC(C)O. The van der Waals surface area contributed by atoms with E-state index < -0.39 is 0 Å². The van der Waals surface area contributed by atoms with Gasteiger partial charge in [-0.25, -0.2) is 0 Å². The highest BCUT2D eigenvalue weighted by Gasteiger charge is 1.87. The third kappa shape index (κ3) is 7.50. The van der Waals surface area contributed by atoms with Crippen molar-refractivity contribution >= 4 is 0 Å². The number of allylic oxidation sites excluding steroid dienone is 1. The second-order valence-corrected chi connectivity index (χ2v) is 2.07. The van der Waals surface area contributed by atoms with E-state index >= 15 is 0 Å². The number of aliphatic hydroxyl groups excluding tert-OH is 1. The molecule has 0 aromatic heterocycles. The molecule has 0 bridgehead atoms. The minimum atomic E-state index is -0.258. The van der Waals surface area contributed by atoms with Crippen LogP contribution in [0.2, 0.25) is 0 Å². The zero-order valence-corrected chi connectivity index (χ0v) is 6.09. The molecule has 2 nitrogen and oxygen atoms in total. The molecule has 2 N–H and O–H groups in total. The number of nitrogens with one attached hydrogen (secondary N) is 1. The van der Waals surface area contributed by atoms with Gasteiger partial charge < -0.3 is 10.4 Å². The van der Waals surface area contributed by atoms with E-state index in [1.54, 1.807) is 6.92 Å². The summed E-state index contributed by atoms with van der Waals surface area (Å²) in [5, 5.41) is 11.7. The van der Waals surface area contributed by atoms with Crippen molar-refractivity contribution in [3.63, 3.8) is 0 Å². The van der Waals surface area contributed by atoms with Crippen LogP contribution in [0.15, 0.2) is 12.3 Å². The Morgan fingerprint density at radius 3 is 2.78 bits per heavy atom. The van der Waals surface area contributed by atoms with Gasteiger partial charge in [0.05, 0.1) is 6.10 Å². The molecule has 0 aliphatic rings. The van der Waals surface area contributed by atoms with E-state index in [1.807, 2.05) is 12.3 Å². The third-order valence-corrected chi connectivity index (χ3v) is 0.885. The highest BCUT2D eigenvalue weighted by Crippen LogP contribution is 1.77.